The SMILES string of the molecule is C=CC(OC(=O)C(=C)C)C1CC2CCCC(C2)C1. The van der Waals surface area contributed by atoms with Crippen LogP contribution in [0.4, 0.5) is 0 Å². The van der Waals surface area contributed by atoms with Gasteiger partial charge in [0.15, 0.2) is 0 Å². The van der Waals surface area contributed by atoms with Crippen molar-refractivity contribution in [3.63, 3.8) is 0 Å². The average Bonchev–Trinajstić information content (AvgIpc) is 2.34. The number of rotatable bonds is 4. The van der Waals surface area contributed by atoms with E-state index in [1.807, 2.05) is 0 Å². The lowest BCUT2D eigenvalue weighted by molar-refractivity contribution is -0.145. The average molecular weight is 248 g/mol. The molecular weight excluding hydrogens is 224 g/mol. The maximum absolute atomic E-state index is 11.6. The molecule has 2 nitrogen and oxygen atoms in total. The summed E-state index contributed by atoms with van der Waals surface area (Å²) in [4.78, 5) is 11.6. The Morgan fingerprint density at radius 2 is 1.89 bits per heavy atom. The van der Waals surface area contributed by atoms with Crippen LogP contribution in [0.2, 0.25) is 0 Å². The zero-order valence-electron chi connectivity index (χ0n) is 11.4. The van der Waals surface area contributed by atoms with Gasteiger partial charge in [0.05, 0.1) is 0 Å². The second-order valence-electron chi connectivity index (χ2n) is 6.02. The van der Waals surface area contributed by atoms with Gasteiger partial charge in [0.25, 0.3) is 0 Å². The van der Waals surface area contributed by atoms with Gasteiger partial charge in [0.2, 0.25) is 0 Å². The highest BCUT2D eigenvalue weighted by molar-refractivity contribution is 5.87. The lowest BCUT2D eigenvalue weighted by atomic mass is 9.67. The number of hydrogen-bond acceptors (Lipinski definition) is 2. The van der Waals surface area contributed by atoms with E-state index in [0.29, 0.717) is 11.5 Å². The van der Waals surface area contributed by atoms with Gasteiger partial charge in [-0.3, -0.25) is 0 Å². The van der Waals surface area contributed by atoms with Crippen LogP contribution in [-0.4, -0.2) is 12.1 Å². The minimum absolute atomic E-state index is 0.127. The first kappa shape index (κ1) is 13.4. The fraction of sp³-hybridized carbons (Fsp3) is 0.688. The van der Waals surface area contributed by atoms with Crippen LogP contribution in [0.3, 0.4) is 0 Å². The molecule has 0 saturated heterocycles. The van der Waals surface area contributed by atoms with Crippen LogP contribution in [-0.2, 0) is 9.53 Å². The van der Waals surface area contributed by atoms with E-state index in [4.69, 9.17) is 4.74 Å². The minimum atomic E-state index is -0.282. The van der Waals surface area contributed by atoms with E-state index in [0.717, 1.165) is 11.8 Å². The summed E-state index contributed by atoms with van der Waals surface area (Å²) in [7, 11) is 0. The Kier molecular flexibility index (Phi) is 4.26. The standard InChI is InChI=1S/C16H24O2/c1-4-15(18-16(17)11(2)3)14-9-12-6-5-7-13(8-12)10-14/h4,12-15H,1-2,5-10H2,3H3. The van der Waals surface area contributed by atoms with Gasteiger partial charge < -0.3 is 4.74 Å². The zero-order chi connectivity index (χ0) is 13.1. The van der Waals surface area contributed by atoms with E-state index in [1.165, 1.54) is 38.5 Å². The maximum Gasteiger partial charge on any atom is 0.333 e. The highest BCUT2D eigenvalue weighted by atomic mass is 16.5. The number of hydrogen-bond donors (Lipinski definition) is 0. The lowest BCUT2D eigenvalue weighted by Crippen LogP contribution is -2.34. The summed E-state index contributed by atoms with van der Waals surface area (Å²) in [6, 6.07) is 0. The summed E-state index contributed by atoms with van der Waals surface area (Å²) in [5.74, 6) is 1.87. The second kappa shape index (κ2) is 5.73. The Hall–Kier alpha value is -1.05. The van der Waals surface area contributed by atoms with Gasteiger partial charge in [0.1, 0.15) is 6.10 Å². The van der Waals surface area contributed by atoms with Crippen molar-refractivity contribution in [2.24, 2.45) is 17.8 Å². The Balaban J connectivity index is 1.97. The third-order valence-electron chi connectivity index (χ3n) is 4.45. The van der Waals surface area contributed by atoms with E-state index in [1.54, 1.807) is 13.0 Å². The van der Waals surface area contributed by atoms with Gasteiger partial charge in [0, 0.05) is 11.5 Å². The van der Waals surface area contributed by atoms with E-state index >= 15 is 0 Å². The topological polar surface area (TPSA) is 26.3 Å². The molecule has 2 rings (SSSR count). The molecule has 2 saturated carbocycles. The van der Waals surface area contributed by atoms with Crippen LogP contribution in [0.1, 0.15) is 45.4 Å². The van der Waals surface area contributed by atoms with Crippen LogP contribution in [0.15, 0.2) is 24.8 Å². The van der Waals surface area contributed by atoms with Gasteiger partial charge in [-0.25, -0.2) is 4.79 Å². The largest absolute Gasteiger partial charge is 0.455 e. The molecule has 3 unspecified atom stereocenters. The Labute approximate surface area is 110 Å². The molecule has 100 valence electrons. The molecule has 2 fully saturated rings. The predicted octanol–water partition coefficient (Wildman–Crippen LogP) is 3.88. The Bertz CT molecular complexity index is 333. The van der Waals surface area contributed by atoms with Crippen molar-refractivity contribution >= 4 is 5.97 Å². The van der Waals surface area contributed by atoms with Crippen molar-refractivity contribution in [3.05, 3.63) is 24.8 Å². The second-order valence-corrected chi connectivity index (χ2v) is 6.02. The maximum atomic E-state index is 11.6. The van der Waals surface area contributed by atoms with E-state index in [2.05, 4.69) is 13.2 Å². The number of carbonyl (C=O) groups excluding carboxylic acids is 1. The first-order valence-electron chi connectivity index (χ1n) is 7.09. The first-order chi connectivity index (χ1) is 8.60. The number of carbonyl (C=O) groups is 1. The van der Waals surface area contributed by atoms with Crippen LogP contribution in [0.25, 0.3) is 0 Å². The predicted molar refractivity (Wildman–Crippen MR) is 73.1 cm³/mol. The summed E-state index contributed by atoms with van der Waals surface area (Å²) in [5.41, 5.74) is 0.470. The monoisotopic (exact) mass is 248 g/mol. The lowest BCUT2D eigenvalue weighted by Gasteiger charge is -2.41. The van der Waals surface area contributed by atoms with Crippen molar-refractivity contribution in [1.29, 1.82) is 0 Å². The van der Waals surface area contributed by atoms with Crippen LogP contribution >= 0.6 is 0 Å². The Morgan fingerprint density at radius 3 is 2.39 bits per heavy atom. The summed E-state index contributed by atoms with van der Waals surface area (Å²) in [5, 5.41) is 0. The van der Waals surface area contributed by atoms with Crippen LogP contribution < -0.4 is 0 Å². The molecule has 2 bridgehead atoms. The normalized spacial score (nSPS) is 32.4. The van der Waals surface area contributed by atoms with Crippen molar-refractivity contribution in [2.45, 2.75) is 51.6 Å². The van der Waals surface area contributed by atoms with Gasteiger partial charge in [-0.1, -0.05) is 38.5 Å². The molecule has 0 aliphatic heterocycles. The van der Waals surface area contributed by atoms with E-state index < -0.39 is 0 Å². The molecule has 0 spiro atoms. The minimum Gasteiger partial charge on any atom is -0.455 e. The van der Waals surface area contributed by atoms with Crippen LogP contribution in [0.5, 0.6) is 0 Å². The molecule has 0 aromatic rings. The molecule has 2 aliphatic rings. The van der Waals surface area contributed by atoms with Crippen molar-refractivity contribution in [1.82, 2.24) is 0 Å². The third-order valence-corrected chi connectivity index (χ3v) is 4.45. The van der Waals surface area contributed by atoms with E-state index in [9.17, 15) is 4.79 Å². The quantitative estimate of drug-likeness (QED) is 0.429. The van der Waals surface area contributed by atoms with E-state index in [-0.39, 0.29) is 12.1 Å². The van der Waals surface area contributed by atoms with Crippen LogP contribution in [0, 0.1) is 17.8 Å². The molecule has 0 heterocycles. The Morgan fingerprint density at radius 1 is 1.28 bits per heavy atom. The highest BCUT2D eigenvalue weighted by Gasteiger charge is 2.35. The van der Waals surface area contributed by atoms with Gasteiger partial charge in [-0.2, -0.15) is 0 Å². The molecule has 0 aromatic heterocycles. The van der Waals surface area contributed by atoms with Crippen molar-refractivity contribution in [3.8, 4) is 0 Å². The summed E-state index contributed by atoms with van der Waals surface area (Å²) < 4.78 is 5.51. The molecule has 0 radical (unpaired) electrons. The third kappa shape index (κ3) is 3.04. The van der Waals surface area contributed by atoms with Gasteiger partial charge >= 0.3 is 5.97 Å². The number of ether oxygens (including phenoxy) is 1. The molecule has 0 amide bonds. The van der Waals surface area contributed by atoms with Crippen molar-refractivity contribution in [2.75, 3.05) is 0 Å². The molecule has 3 atom stereocenters. The molecule has 0 aromatic carbocycles. The first-order valence-corrected chi connectivity index (χ1v) is 7.09. The summed E-state index contributed by atoms with van der Waals surface area (Å²) >= 11 is 0. The van der Waals surface area contributed by atoms with Gasteiger partial charge in [-0.05, 0) is 38.0 Å². The summed E-state index contributed by atoms with van der Waals surface area (Å²) in [6.07, 6.45) is 9.52. The van der Waals surface area contributed by atoms with Gasteiger partial charge in [-0.15, -0.1) is 0 Å². The molecule has 2 heteroatoms. The molecule has 0 N–H and O–H groups in total. The number of esters is 1. The zero-order valence-corrected chi connectivity index (χ0v) is 11.4. The summed E-state index contributed by atoms with van der Waals surface area (Å²) in [6.45, 7) is 9.16. The smallest absolute Gasteiger partial charge is 0.333 e. The fourth-order valence-corrected chi connectivity index (χ4v) is 3.61. The van der Waals surface area contributed by atoms with Crippen molar-refractivity contribution < 1.29 is 9.53 Å². The molecular formula is C16H24O2. The highest BCUT2D eigenvalue weighted by Crippen LogP contribution is 2.44. The number of fused-ring (bicyclic) bond motifs is 2. The molecule has 18 heavy (non-hydrogen) atoms. The molecule has 2 aliphatic carbocycles. The fourth-order valence-electron chi connectivity index (χ4n) is 3.61.